The first-order chi connectivity index (χ1) is 24.3. The van der Waals surface area contributed by atoms with Crippen LogP contribution in [-0.2, 0) is 23.3 Å². The van der Waals surface area contributed by atoms with Gasteiger partial charge >= 0.3 is 0 Å². The maximum Gasteiger partial charge on any atom is 0.225 e. The van der Waals surface area contributed by atoms with Crippen LogP contribution in [-0.4, -0.2) is 52.4 Å². The van der Waals surface area contributed by atoms with Crippen LogP contribution in [0.2, 0.25) is 5.02 Å². The lowest BCUT2D eigenvalue weighted by atomic mass is 10.1. The van der Waals surface area contributed by atoms with Gasteiger partial charge in [0, 0.05) is 52.9 Å². The Balaban J connectivity index is 1.26. The van der Waals surface area contributed by atoms with Crippen LogP contribution in [0, 0.1) is 5.82 Å². The predicted octanol–water partition coefficient (Wildman–Crippen LogP) is 7.91. The maximum atomic E-state index is 13.6. The molecule has 1 unspecified atom stereocenters. The molecule has 1 N–H and O–H groups in total. The first-order valence-corrected chi connectivity index (χ1v) is 18.0. The summed E-state index contributed by atoms with van der Waals surface area (Å²) in [5, 5.41) is 7.13. The Morgan fingerprint density at radius 1 is 1.04 bits per heavy atom. The van der Waals surface area contributed by atoms with Crippen LogP contribution in [0.25, 0.3) is 22.2 Å². The number of anilines is 2. The summed E-state index contributed by atoms with van der Waals surface area (Å²) in [6, 6.07) is 20.6. The van der Waals surface area contributed by atoms with Crippen LogP contribution in [0.1, 0.15) is 35.7 Å². The Bertz CT molecular complexity index is 2250. The van der Waals surface area contributed by atoms with Gasteiger partial charge in [-0.1, -0.05) is 36.7 Å². The number of nitrogens with zero attached hydrogens (tertiary/aromatic N) is 5. The third-order valence-corrected chi connectivity index (χ3v) is 9.56. The van der Waals surface area contributed by atoms with Gasteiger partial charge in [0.05, 0.1) is 29.4 Å². The number of thiazole rings is 1. The molecule has 0 saturated heterocycles. The summed E-state index contributed by atoms with van der Waals surface area (Å²) in [7, 11) is -0.805. The zero-order valence-electron chi connectivity index (χ0n) is 27.1. The Morgan fingerprint density at radius 2 is 1.92 bits per heavy atom. The van der Waals surface area contributed by atoms with Crippen LogP contribution >= 0.6 is 22.9 Å². The summed E-state index contributed by atoms with van der Waals surface area (Å²) in [5.74, 6) is 1.25. The Hall–Kier alpha value is -4.95. The molecule has 0 radical (unpaired) electrons. The number of aromatic nitrogens is 4. The van der Waals surface area contributed by atoms with E-state index >= 15 is 0 Å². The number of ether oxygens (including phenoxy) is 2. The van der Waals surface area contributed by atoms with Crippen molar-refractivity contribution < 1.29 is 22.3 Å². The molecular formula is C36H32ClFN6O4S2. The lowest BCUT2D eigenvalue weighted by Gasteiger charge is -2.24. The van der Waals surface area contributed by atoms with Gasteiger partial charge in [0.2, 0.25) is 10.3 Å². The number of methoxy groups -OCH3 is 1. The fourth-order valence-corrected chi connectivity index (χ4v) is 7.20. The summed E-state index contributed by atoms with van der Waals surface area (Å²) in [5.41, 5.74) is 5.51. The van der Waals surface area contributed by atoms with Crippen molar-refractivity contribution in [3.63, 3.8) is 0 Å². The lowest BCUT2D eigenvalue weighted by Crippen LogP contribution is -2.30. The molecule has 6 rings (SSSR count). The van der Waals surface area contributed by atoms with Crippen LogP contribution in [0.5, 0.6) is 11.5 Å². The summed E-state index contributed by atoms with van der Waals surface area (Å²) in [6.07, 6.45) is 4.40. The van der Waals surface area contributed by atoms with E-state index in [-0.39, 0.29) is 18.5 Å². The molecule has 0 amide bonds. The fourth-order valence-electron chi connectivity index (χ4n) is 5.47. The van der Waals surface area contributed by atoms with Crippen LogP contribution in [0.3, 0.4) is 0 Å². The number of halogens is 2. The van der Waals surface area contributed by atoms with Gasteiger partial charge < -0.3 is 14.8 Å². The average molecular weight is 731 g/mol. The maximum absolute atomic E-state index is 13.6. The van der Waals surface area contributed by atoms with Crippen LogP contribution < -0.4 is 14.8 Å². The monoisotopic (exact) mass is 730 g/mol. The largest absolute Gasteiger partial charge is 0.496 e. The summed E-state index contributed by atoms with van der Waals surface area (Å²) in [4.78, 5) is 20.1. The summed E-state index contributed by atoms with van der Waals surface area (Å²) >= 11 is 8.01. The number of hydrogen-bond acceptors (Lipinski definition) is 10. The van der Waals surface area contributed by atoms with Gasteiger partial charge in [0.15, 0.2) is 0 Å². The molecule has 0 bridgehead atoms. The van der Waals surface area contributed by atoms with Gasteiger partial charge in [-0.15, -0.1) is 11.3 Å². The number of fused-ring (bicyclic) bond motifs is 1. The molecule has 0 spiro atoms. The molecule has 256 valence electrons. The third-order valence-electron chi connectivity index (χ3n) is 7.88. The van der Waals surface area contributed by atoms with Crippen molar-refractivity contribution in [2.24, 2.45) is 0 Å². The summed E-state index contributed by atoms with van der Waals surface area (Å²) < 4.78 is 48.8. The minimum atomic E-state index is -2.39. The zero-order valence-corrected chi connectivity index (χ0v) is 29.5. The molecule has 0 aliphatic rings. The molecule has 10 nitrogen and oxygen atoms in total. The second-order valence-electron chi connectivity index (χ2n) is 11.2. The number of hydrogen-bond donors (Lipinski definition) is 1. The van der Waals surface area contributed by atoms with E-state index < -0.39 is 10.3 Å². The van der Waals surface area contributed by atoms with Crippen molar-refractivity contribution >= 4 is 61.1 Å². The van der Waals surface area contributed by atoms with Crippen molar-refractivity contribution in [1.82, 2.24) is 24.8 Å². The minimum Gasteiger partial charge on any atom is -0.496 e. The van der Waals surface area contributed by atoms with E-state index in [4.69, 9.17) is 26.1 Å². The Morgan fingerprint density at radius 3 is 2.66 bits per heavy atom. The standard InChI is InChI=1S/C36H32ClFN6O4S2/c1-3-32(44(22-50(45)46)14-12-25-9-4-5-13-39-25)36-43-31(20-49-36)27-17-28-30(18-34(27)47-2)40-21-41-35(28)42-26-10-11-33(29(37)16-26)48-19-23-7-6-8-24(38)15-23/h4-11,13,15-18,20-22,32H,3,12,14,19H2,1-2H3,(H,40,41,42). The molecule has 0 aliphatic carbocycles. The van der Waals surface area contributed by atoms with Gasteiger partial charge in [0.1, 0.15) is 46.6 Å². The number of nitrogens with one attached hydrogen (secondary N) is 1. The average Bonchev–Trinajstić information content (AvgIpc) is 3.60. The van der Waals surface area contributed by atoms with Crippen LogP contribution in [0.4, 0.5) is 15.9 Å². The minimum absolute atomic E-state index is 0.169. The molecule has 1 atom stereocenters. The van der Waals surface area contributed by atoms with Crippen molar-refractivity contribution in [3.8, 4) is 22.8 Å². The van der Waals surface area contributed by atoms with Crippen molar-refractivity contribution in [2.45, 2.75) is 32.4 Å². The smallest absolute Gasteiger partial charge is 0.225 e. The van der Waals surface area contributed by atoms with E-state index in [0.717, 1.165) is 21.7 Å². The molecule has 0 saturated carbocycles. The normalized spacial score (nSPS) is 11.8. The molecule has 14 heteroatoms. The first-order valence-electron chi connectivity index (χ1n) is 15.6. The van der Waals surface area contributed by atoms with Gasteiger partial charge in [-0.2, -0.15) is 8.42 Å². The topological polar surface area (TPSA) is 119 Å². The molecule has 0 aliphatic heterocycles. The third kappa shape index (κ3) is 8.43. The van der Waals surface area contributed by atoms with Gasteiger partial charge in [0.25, 0.3) is 0 Å². The molecule has 3 aromatic heterocycles. The van der Waals surface area contributed by atoms with Gasteiger partial charge in [-0.3, -0.25) is 9.88 Å². The number of benzene rings is 3. The van der Waals surface area contributed by atoms with Gasteiger partial charge in [-0.25, -0.2) is 19.3 Å². The van der Waals surface area contributed by atoms with E-state index in [1.54, 1.807) is 42.5 Å². The summed E-state index contributed by atoms with van der Waals surface area (Å²) in [6.45, 7) is 2.62. The van der Waals surface area contributed by atoms with Crippen molar-refractivity contribution in [1.29, 1.82) is 0 Å². The Kier molecular flexibility index (Phi) is 11.3. The van der Waals surface area contributed by atoms with E-state index in [1.165, 1.54) is 35.3 Å². The fraction of sp³-hybridized carbons (Fsp3) is 0.194. The van der Waals surface area contributed by atoms with E-state index in [9.17, 15) is 12.8 Å². The zero-order chi connectivity index (χ0) is 35.0. The van der Waals surface area contributed by atoms with E-state index in [1.807, 2.05) is 48.7 Å². The predicted molar refractivity (Wildman–Crippen MR) is 195 cm³/mol. The molecule has 0 fully saturated rings. The lowest BCUT2D eigenvalue weighted by molar-refractivity contribution is 0.306. The highest BCUT2D eigenvalue weighted by atomic mass is 35.5. The molecule has 3 heterocycles. The SMILES string of the molecule is CCC(c1nc(-c2cc3c(Nc4ccc(OCc5cccc(F)c5)c(Cl)c4)ncnc3cc2OC)cs1)N(C=S(=O)=O)CCc1ccccn1. The van der Waals surface area contributed by atoms with Crippen molar-refractivity contribution in [3.05, 3.63) is 118 Å². The first kappa shape index (κ1) is 34.9. The Labute approximate surface area is 299 Å². The highest BCUT2D eigenvalue weighted by Gasteiger charge is 2.23. The molecule has 50 heavy (non-hydrogen) atoms. The highest BCUT2D eigenvalue weighted by molar-refractivity contribution is 7.71. The van der Waals surface area contributed by atoms with Crippen molar-refractivity contribution in [2.75, 3.05) is 19.0 Å². The quantitative estimate of drug-likeness (QED) is 0.111. The highest BCUT2D eigenvalue weighted by Crippen LogP contribution is 2.39. The molecule has 6 aromatic rings. The molecule has 3 aromatic carbocycles. The van der Waals surface area contributed by atoms with Gasteiger partial charge in [-0.05, 0) is 60.5 Å². The van der Waals surface area contributed by atoms with Crippen LogP contribution in [0.15, 0.2) is 90.7 Å². The van der Waals surface area contributed by atoms with E-state index in [0.29, 0.717) is 64.2 Å². The number of rotatable bonds is 14. The second kappa shape index (κ2) is 16.2. The number of pyridine rings is 1. The molecular weight excluding hydrogens is 699 g/mol. The van der Waals surface area contributed by atoms with E-state index in [2.05, 4.69) is 20.3 Å². The second-order valence-corrected chi connectivity index (χ2v) is 13.2.